The highest BCUT2D eigenvalue weighted by Gasteiger charge is 2.21. The van der Waals surface area contributed by atoms with E-state index in [2.05, 4.69) is 19.9 Å². The van der Waals surface area contributed by atoms with Crippen LogP contribution in [0.3, 0.4) is 0 Å². The number of pyridine rings is 1. The molecule has 0 aromatic carbocycles. The summed E-state index contributed by atoms with van der Waals surface area (Å²) in [4.78, 5) is 22.3. The second kappa shape index (κ2) is 5.95. The van der Waals surface area contributed by atoms with Gasteiger partial charge in [0.05, 0.1) is 0 Å². The van der Waals surface area contributed by atoms with Crippen molar-refractivity contribution in [2.24, 2.45) is 5.92 Å². The Kier molecular flexibility index (Phi) is 3.85. The van der Waals surface area contributed by atoms with Crippen LogP contribution in [0, 0.1) is 5.92 Å². The summed E-state index contributed by atoms with van der Waals surface area (Å²) in [6.07, 6.45) is 7.56. The highest BCUT2D eigenvalue weighted by molar-refractivity contribution is 5.88. The van der Waals surface area contributed by atoms with Gasteiger partial charge in [0.1, 0.15) is 11.6 Å². The van der Waals surface area contributed by atoms with Crippen LogP contribution in [-0.4, -0.2) is 39.1 Å². The van der Waals surface area contributed by atoms with Crippen LogP contribution in [0.25, 0.3) is 0 Å². The molecule has 2 amide bonds. The van der Waals surface area contributed by atoms with E-state index >= 15 is 0 Å². The fourth-order valence-electron chi connectivity index (χ4n) is 2.70. The number of urea groups is 1. The Morgan fingerprint density at radius 3 is 3.14 bits per heavy atom. The van der Waals surface area contributed by atoms with Crippen molar-refractivity contribution in [3.05, 3.63) is 42.6 Å². The normalized spacial score (nSPS) is 17.1. The first kappa shape index (κ1) is 13.6. The highest BCUT2D eigenvalue weighted by atomic mass is 16.2. The predicted octanol–water partition coefficient (Wildman–Crippen LogP) is 2.00. The second-order valence-corrected chi connectivity index (χ2v) is 5.43. The Morgan fingerprint density at radius 2 is 2.33 bits per heavy atom. The van der Waals surface area contributed by atoms with Crippen molar-refractivity contribution in [1.29, 1.82) is 0 Å². The zero-order valence-corrected chi connectivity index (χ0v) is 12.1. The molecule has 6 nitrogen and oxygen atoms in total. The molecular weight excluding hydrogens is 266 g/mol. The van der Waals surface area contributed by atoms with E-state index in [0.29, 0.717) is 11.7 Å². The number of fused-ring (bicyclic) bond motifs is 1. The van der Waals surface area contributed by atoms with Crippen LogP contribution in [0.1, 0.15) is 12.2 Å². The molecule has 110 valence electrons. The van der Waals surface area contributed by atoms with Gasteiger partial charge in [-0.3, -0.25) is 5.32 Å². The third-order valence-electron chi connectivity index (χ3n) is 3.81. The molecule has 1 aliphatic heterocycles. The van der Waals surface area contributed by atoms with Crippen LogP contribution in [0.5, 0.6) is 0 Å². The van der Waals surface area contributed by atoms with Gasteiger partial charge in [-0.25, -0.2) is 14.8 Å². The molecule has 3 heterocycles. The Hall–Kier alpha value is -2.37. The molecule has 0 fully saturated rings. The largest absolute Gasteiger partial charge is 0.335 e. The van der Waals surface area contributed by atoms with Crippen molar-refractivity contribution in [2.75, 3.05) is 18.9 Å². The molecule has 21 heavy (non-hydrogen) atoms. The SMILES string of the molecule is CN(CC1CCc2nccn2C1)C(=O)Nc1ccccn1. The zero-order chi connectivity index (χ0) is 14.7. The number of carbonyl (C=O) groups excluding carboxylic acids is 1. The molecule has 0 radical (unpaired) electrons. The van der Waals surface area contributed by atoms with Gasteiger partial charge in [-0.05, 0) is 24.5 Å². The standard InChI is InChI=1S/C15H19N5O/c1-19(15(21)18-13-4-2-3-7-16-13)10-12-5-6-14-17-8-9-20(14)11-12/h2-4,7-9,12H,5-6,10-11H2,1H3,(H,16,18,21). The summed E-state index contributed by atoms with van der Waals surface area (Å²) >= 11 is 0. The Balaban J connectivity index is 1.54. The van der Waals surface area contributed by atoms with E-state index in [1.807, 2.05) is 31.6 Å². The number of imidazole rings is 1. The number of rotatable bonds is 3. The van der Waals surface area contributed by atoms with Crippen LogP contribution in [0.4, 0.5) is 10.6 Å². The third-order valence-corrected chi connectivity index (χ3v) is 3.81. The number of anilines is 1. The Morgan fingerprint density at radius 1 is 1.43 bits per heavy atom. The lowest BCUT2D eigenvalue weighted by atomic mass is 9.99. The third kappa shape index (κ3) is 3.21. The first-order valence-electron chi connectivity index (χ1n) is 7.15. The number of aromatic nitrogens is 3. The first-order chi connectivity index (χ1) is 10.2. The van der Waals surface area contributed by atoms with Gasteiger partial charge in [-0.2, -0.15) is 0 Å². The first-order valence-corrected chi connectivity index (χ1v) is 7.15. The van der Waals surface area contributed by atoms with Gasteiger partial charge in [0.15, 0.2) is 0 Å². The predicted molar refractivity (Wildman–Crippen MR) is 79.9 cm³/mol. The molecule has 0 saturated heterocycles. The summed E-state index contributed by atoms with van der Waals surface area (Å²) in [6, 6.07) is 5.34. The number of amides is 2. The summed E-state index contributed by atoms with van der Waals surface area (Å²) in [6.45, 7) is 1.66. The van der Waals surface area contributed by atoms with E-state index in [1.165, 1.54) is 0 Å². The van der Waals surface area contributed by atoms with Crippen LogP contribution in [-0.2, 0) is 13.0 Å². The highest BCUT2D eigenvalue weighted by Crippen LogP contribution is 2.19. The fraction of sp³-hybridized carbons (Fsp3) is 0.400. The molecule has 2 aromatic heterocycles. The van der Waals surface area contributed by atoms with Crippen LogP contribution in [0.2, 0.25) is 0 Å². The van der Waals surface area contributed by atoms with Gasteiger partial charge < -0.3 is 9.47 Å². The Labute approximate surface area is 123 Å². The van der Waals surface area contributed by atoms with E-state index in [0.717, 1.165) is 31.8 Å². The lowest BCUT2D eigenvalue weighted by molar-refractivity contribution is 0.205. The van der Waals surface area contributed by atoms with Crippen LogP contribution >= 0.6 is 0 Å². The topological polar surface area (TPSA) is 63.1 Å². The van der Waals surface area contributed by atoms with Crippen molar-refractivity contribution in [1.82, 2.24) is 19.4 Å². The maximum Gasteiger partial charge on any atom is 0.322 e. The summed E-state index contributed by atoms with van der Waals surface area (Å²) in [7, 11) is 1.82. The summed E-state index contributed by atoms with van der Waals surface area (Å²) in [5.41, 5.74) is 0. The number of nitrogens with one attached hydrogen (secondary N) is 1. The maximum atomic E-state index is 12.1. The fourth-order valence-corrected chi connectivity index (χ4v) is 2.70. The van der Waals surface area contributed by atoms with Crippen LogP contribution in [0.15, 0.2) is 36.8 Å². The molecule has 0 saturated carbocycles. The van der Waals surface area contributed by atoms with Crippen LogP contribution < -0.4 is 5.32 Å². The lowest BCUT2D eigenvalue weighted by Gasteiger charge is -2.28. The summed E-state index contributed by atoms with van der Waals surface area (Å²) in [5.74, 6) is 2.19. The average Bonchev–Trinajstić information content (AvgIpc) is 2.95. The number of carbonyl (C=O) groups is 1. The van der Waals surface area contributed by atoms with Gasteiger partial charge in [0.2, 0.25) is 0 Å². The second-order valence-electron chi connectivity index (χ2n) is 5.43. The monoisotopic (exact) mass is 285 g/mol. The van der Waals surface area contributed by atoms with E-state index in [1.54, 1.807) is 17.2 Å². The average molecular weight is 285 g/mol. The molecule has 6 heteroatoms. The number of aryl methyl sites for hydroxylation is 1. The minimum Gasteiger partial charge on any atom is -0.335 e. The number of hydrogen-bond acceptors (Lipinski definition) is 3. The molecule has 1 unspecified atom stereocenters. The molecule has 1 N–H and O–H groups in total. The minimum atomic E-state index is -0.120. The van der Waals surface area contributed by atoms with Crippen molar-refractivity contribution in [3.8, 4) is 0 Å². The number of nitrogens with zero attached hydrogens (tertiary/aromatic N) is 4. The van der Waals surface area contributed by atoms with Gasteiger partial charge in [0.25, 0.3) is 0 Å². The Bertz CT molecular complexity index is 610. The van der Waals surface area contributed by atoms with Gasteiger partial charge in [0, 0.05) is 45.1 Å². The van der Waals surface area contributed by atoms with E-state index in [-0.39, 0.29) is 6.03 Å². The zero-order valence-electron chi connectivity index (χ0n) is 12.1. The lowest BCUT2D eigenvalue weighted by Crippen LogP contribution is -2.38. The molecule has 2 aromatic rings. The van der Waals surface area contributed by atoms with E-state index in [9.17, 15) is 4.79 Å². The molecule has 1 atom stereocenters. The summed E-state index contributed by atoms with van der Waals surface area (Å²) in [5, 5.41) is 2.80. The molecular formula is C15H19N5O. The van der Waals surface area contributed by atoms with Gasteiger partial charge in [-0.15, -0.1) is 0 Å². The van der Waals surface area contributed by atoms with Crippen molar-refractivity contribution in [2.45, 2.75) is 19.4 Å². The van der Waals surface area contributed by atoms with Gasteiger partial charge >= 0.3 is 6.03 Å². The molecule has 0 bridgehead atoms. The van der Waals surface area contributed by atoms with Crippen molar-refractivity contribution >= 4 is 11.8 Å². The molecule has 3 rings (SSSR count). The number of hydrogen-bond donors (Lipinski definition) is 1. The molecule has 0 aliphatic carbocycles. The quantitative estimate of drug-likeness (QED) is 0.938. The summed E-state index contributed by atoms with van der Waals surface area (Å²) < 4.78 is 2.18. The van der Waals surface area contributed by atoms with Gasteiger partial charge in [-0.1, -0.05) is 6.07 Å². The molecule has 0 spiro atoms. The van der Waals surface area contributed by atoms with Crippen molar-refractivity contribution < 1.29 is 4.79 Å². The van der Waals surface area contributed by atoms with E-state index < -0.39 is 0 Å². The minimum absolute atomic E-state index is 0.120. The van der Waals surface area contributed by atoms with E-state index in [4.69, 9.17) is 0 Å². The molecule has 1 aliphatic rings. The maximum absolute atomic E-state index is 12.1. The smallest absolute Gasteiger partial charge is 0.322 e. The van der Waals surface area contributed by atoms with Crippen molar-refractivity contribution in [3.63, 3.8) is 0 Å².